The Labute approximate surface area is 244 Å². The van der Waals surface area contributed by atoms with E-state index in [-0.39, 0.29) is 22.8 Å². The van der Waals surface area contributed by atoms with Gasteiger partial charge in [0.2, 0.25) is 0 Å². The molecule has 0 aliphatic heterocycles. The molecule has 0 radical (unpaired) electrons. The number of aromatic nitrogens is 1. The van der Waals surface area contributed by atoms with Gasteiger partial charge in [0.05, 0.1) is 22.5 Å². The first-order valence-corrected chi connectivity index (χ1v) is 12.4. The Morgan fingerprint density at radius 2 is 1.32 bits per heavy atom. The molecule has 41 heavy (non-hydrogen) atoms. The lowest BCUT2D eigenvalue weighted by Gasteiger charge is -2.36. The maximum atomic E-state index is 15.1. The van der Waals surface area contributed by atoms with Gasteiger partial charge < -0.3 is 10.6 Å². The van der Waals surface area contributed by atoms with E-state index < -0.39 is 73.0 Å². The highest BCUT2D eigenvalue weighted by Gasteiger charge is 2.81. The third kappa shape index (κ3) is 6.02. The summed E-state index contributed by atoms with van der Waals surface area (Å²) in [6, 6.07) is 5.67. The summed E-state index contributed by atoms with van der Waals surface area (Å²) < 4.78 is 135. The Morgan fingerprint density at radius 3 is 1.83 bits per heavy atom. The normalized spacial score (nSPS) is 13.9. The molecular formula is C23H10Br2ClF10N3O2. The molecule has 1 aromatic heterocycles. The van der Waals surface area contributed by atoms with Crippen LogP contribution in [0.2, 0.25) is 5.15 Å². The van der Waals surface area contributed by atoms with Crippen molar-refractivity contribution in [2.24, 2.45) is 0 Å². The van der Waals surface area contributed by atoms with Crippen molar-refractivity contribution in [2.45, 2.75) is 23.9 Å². The van der Waals surface area contributed by atoms with Gasteiger partial charge in [-0.1, -0.05) is 17.7 Å². The quantitative estimate of drug-likeness (QED) is 0.196. The van der Waals surface area contributed by atoms with Crippen LogP contribution in [0.4, 0.5) is 55.3 Å². The van der Waals surface area contributed by atoms with E-state index in [0.29, 0.717) is 0 Å². The topological polar surface area (TPSA) is 71.1 Å². The lowest BCUT2D eigenvalue weighted by molar-refractivity contribution is -0.389. The number of rotatable bonds is 6. The summed E-state index contributed by atoms with van der Waals surface area (Å²) in [6.45, 7) is 0. The molecule has 0 fully saturated rings. The van der Waals surface area contributed by atoms with E-state index in [0.717, 1.165) is 18.2 Å². The Hall–Kier alpha value is -2.92. The second kappa shape index (κ2) is 11.4. The third-order valence-corrected chi connectivity index (χ3v) is 6.91. The molecule has 1 heterocycles. The van der Waals surface area contributed by atoms with E-state index in [4.69, 9.17) is 11.6 Å². The monoisotopic (exact) mass is 743 g/mol. The maximum absolute atomic E-state index is 15.1. The minimum absolute atomic E-state index is 0.0435. The SMILES string of the molecule is O=C(Nc1cccc(C(=O)Nc2c(Br)cc(C(F)(C(F)(F)F)C(F)(F)C(F)(F)F)cc2Br)c1F)c1cccnc1Cl. The van der Waals surface area contributed by atoms with Crippen LogP contribution >= 0.6 is 43.5 Å². The largest absolute Gasteiger partial charge is 0.457 e. The summed E-state index contributed by atoms with van der Waals surface area (Å²) in [7, 11) is 0. The van der Waals surface area contributed by atoms with Gasteiger partial charge in [0.1, 0.15) is 5.15 Å². The fourth-order valence-electron chi connectivity index (χ4n) is 3.34. The molecule has 3 rings (SSSR count). The Balaban J connectivity index is 1.97. The average molecular weight is 746 g/mol. The van der Waals surface area contributed by atoms with E-state index in [1.807, 2.05) is 5.32 Å². The van der Waals surface area contributed by atoms with Crippen molar-refractivity contribution in [3.8, 4) is 0 Å². The van der Waals surface area contributed by atoms with Gasteiger partial charge >= 0.3 is 23.9 Å². The standard InChI is InChI=1S/C23H10Br2ClF10N3O2/c24-12-7-9(20(28,22(31,32)33)21(29,30)23(34,35)36)8-13(25)16(12)39-18(40)10-3-1-5-14(15(10)27)38-19(41)11-4-2-6-37-17(11)26/h1-8H,(H,38,41)(H,39,40). The Bertz CT molecular complexity index is 1490. The van der Waals surface area contributed by atoms with Crippen LogP contribution in [-0.4, -0.2) is 35.1 Å². The molecule has 3 aromatic rings. The molecule has 0 saturated carbocycles. The van der Waals surface area contributed by atoms with E-state index >= 15 is 4.39 Å². The molecule has 0 saturated heterocycles. The molecule has 5 nitrogen and oxygen atoms in total. The van der Waals surface area contributed by atoms with Gasteiger partial charge in [-0.25, -0.2) is 13.8 Å². The molecule has 0 aliphatic rings. The van der Waals surface area contributed by atoms with E-state index in [1.165, 1.54) is 18.3 Å². The van der Waals surface area contributed by atoms with Gasteiger partial charge in [0.15, 0.2) is 5.82 Å². The Morgan fingerprint density at radius 1 is 0.780 bits per heavy atom. The summed E-state index contributed by atoms with van der Waals surface area (Å²) >= 11 is 11.0. The number of pyridine rings is 1. The van der Waals surface area contributed by atoms with Crippen LogP contribution in [0, 0.1) is 5.82 Å². The Kier molecular flexibility index (Phi) is 9.06. The van der Waals surface area contributed by atoms with Crippen LogP contribution in [-0.2, 0) is 5.67 Å². The van der Waals surface area contributed by atoms with Crippen molar-refractivity contribution < 1.29 is 53.5 Å². The highest BCUT2D eigenvalue weighted by Crippen LogP contribution is 2.59. The van der Waals surface area contributed by atoms with E-state index in [2.05, 4.69) is 42.2 Å². The van der Waals surface area contributed by atoms with Crippen LogP contribution in [0.1, 0.15) is 26.3 Å². The number of carbonyl (C=O) groups excluding carboxylic acids is 2. The van der Waals surface area contributed by atoms with Crippen molar-refractivity contribution in [3.63, 3.8) is 0 Å². The molecule has 0 bridgehead atoms. The van der Waals surface area contributed by atoms with Crippen molar-refractivity contribution in [1.82, 2.24) is 4.98 Å². The summed E-state index contributed by atoms with van der Waals surface area (Å²) in [6.07, 6.45) is -12.4. The summed E-state index contributed by atoms with van der Waals surface area (Å²) in [4.78, 5) is 28.9. The maximum Gasteiger partial charge on any atom is 0.457 e. The fraction of sp³-hybridized carbons (Fsp3) is 0.174. The fourth-order valence-corrected chi connectivity index (χ4v) is 4.93. The van der Waals surface area contributed by atoms with Crippen molar-refractivity contribution >= 4 is 66.6 Å². The number of nitrogens with one attached hydrogen (secondary N) is 2. The van der Waals surface area contributed by atoms with Crippen LogP contribution in [0.15, 0.2) is 57.6 Å². The lowest BCUT2D eigenvalue weighted by Crippen LogP contribution is -2.59. The number of nitrogens with zero attached hydrogens (tertiary/aromatic N) is 1. The number of hydrogen-bond acceptors (Lipinski definition) is 3. The number of alkyl halides is 9. The smallest absolute Gasteiger partial charge is 0.320 e. The predicted octanol–water partition coefficient (Wildman–Crippen LogP) is 8.83. The zero-order valence-electron chi connectivity index (χ0n) is 19.3. The number of hydrogen-bond donors (Lipinski definition) is 2. The molecule has 0 aliphatic carbocycles. The zero-order chi connectivity index (χ0) is 31.1. The molecule has 2 N–H and O–H groups in total. The summed E-state index contributed by atoms with van der Waals surface area (Å²) in [5, 5.41) is 3.96. The number of carbonyl (C=O) groups is 2. The summed E-state index contributed by atoms with van der Waals surface area (Å²) in [5.74, 6) is -10.4. The van der Waals surface area contributed by atoms with Crippen molar-refractivity contribution in [1.29, 1.82) is 0 Å². The minimum Gasteiger partial charge on any atom is -0.320 e. The molecule has 0 spiro atoms. The molecule has 220 valence electrons. The van der Waals surface area contributed by atoms with Gasteiger partial charge in [-0.05, 0) is 68.3 Å². The van der Waals surface area contributed by atoms with Gasteiger partial charge in [-0.15, -0.1) is 0 Å². The first-order valence-electron chi connectivity index (χ1n) is 10.5. The number of halogens is 13. The van der Waals surface area contributed by atoms with Gasteiger partial charge in [-0.3, -0.25) is 9.59 Å². The van der Waals surface area contributed by atoms with Crippen molar-refractivity contribution in [2.75, 3.05) is 10.6 Å². The first kappa shape index (κ1) is 32.6. The average Bonchev–Trinajstić information content (AvgIpc) is 2.85. The lowest BCUT2D eigenvalue weighted by atomic mass is 9.87. The van der Waals surface area contributed by atoms with Crippen LogP contribution in [0.5, 0.6) is 0 Å². The van der Waals surface area contributed by atoms with Crippen LogP contribution in [0.25, 0.3) is 0 Å². The highest BCUT2D eigenvalue weighted by molar-refractivity contribution is 9.11. The molecule has 1 atom stereocenters. The predicted molar refractivity (Wildman–Crippen MR) is 133 cm³/mol. The second-order valence-electron chi connectivity index (χ2n) is 7.96. The molecule has 2 amide bonds. The first-order chi connectivity index (χ1) is 18.7. The van der Waals surface area contributed by atoms with Crippen molar-refractivity contribution in [3.05, 3.63) is 85.3 Å². The van der Waals surface area contributed by atoms with Crippen LogP contribution in [0.3, 0.4) is 0 Å². The van der Waals surface area contributed by atoms with Crippen LogP contribution < -0.4 is 10.6 Å². The zero-order valence-corrected chi connectivity index (χ0v) is 23.2. The van der Waals surface area contributed by atoms with Gasteiger partial charge in [0.25, 0.3) is 11.8 Å². The molecule has 18 heteroatoms. The number of anilines is 2. The molecular weight excluding hydrogens is 736 g/mol. The molecule has 2 aromatic carbocycles. The number of benzene rings is 2. The number of amides is 2. The minimum atomic E-state index is -6.94. The highest BCUT2D eigenvalue weighted by atomic mass is 79.9. The molecule has 1 unspecified atom stereocenters. The van der Waals surface area contributed by atoms with Gasteiger partial charge in [-0.2, -0.15) is 35.1 Å². The summed E-state index contributed by atoms with van der Waals surface area (Å²) in [5.41, 5.74) is -10.4. The van der Waals surface area contributed by atoms with Gasteiger partial charge in [0, 0.05) is 20.7 Å². The second-order valence-corrected chi connectivity index (χ2v) is 10.0. The van der Waals surface area contributed by atoms with E-state index in [1.54, 1.807) is 0 Å². The van der Waals surface area contributed by atoms with E-state index in [9.17, 15) is 49.1 Å². The third-order valence-electron chi connectivity index (χ3n) is 5.35.